The Labute approximate surface area is 106 Å². The summed E-state index contributed by atoms with van der Waals surface area (Å²) in [7, 11) is 0. The average Bonchev–Trinajstić information content (AvgIpc) is 2.83. The highest BCUT2D eigenvalue weighted by Crippen LogP contribution is 2.46. The van der Waals surface area contributed by atoms with Crippen LogP contribution in [0.25, 0.3) is 10.9 Å². The zero-order valence-corrected chi connectivity index (χ0v) is 10.4. The van der Waals surface area contributed by atoms with Gasteiger partial charge in [-0.2, -0.15) is 0 Å². The first kappa shape index (κ1) is 10.4. The van der Waals surface area contributed by atoms with Crippen molar-refractivity contribution in [2.24, 2.45) is 0 Å². The Morgan fingerprint density at radius 3 is 2.89 bits per heavy atom. The van der Waals surface area contributed by atoms with Gasteiger partial charge in [-0.3, -0.25) is 0 Å². The molecule has 2 bridgehead atoms. The quantitative estimate of drug-likeness (QED) is 0.849. The standard InChI is InChI=1S/C15H18N2O/c18-9-6-11-2-1-3-12-13-10-4-7-17(8-5-10)15(13)16-14(11)12/h1-3,10,16,18H,4-9H2. The topological polar surface area (TPSA) is 39.3 Å². The molecule has 0 radical (unpaired) electrons. The lowest BCUT2D eigenvalue weighted by Crippen LogP contribution is -2.38. The number of hydrogen-bond acceptors (Lipinski definition) is 2. The van der Waals surface area contributed by atoms with Gasteiger partial charge in [-0.15, -0.1) is 0 Å². The Kier molecular flexibility index (Phi) is 2.18. The molecule has 1 fully saturated rings. The van der Waals surface area contributed by atoms with E-state index in [1.807, 2.05) is 0 Å². The van der Waals surface area contributed by atoms with Gasteiger partial charge in [-0.1, -0.05) is 18.2 Å². The van der Waals surface area contributed by atoms with Crippen LogP contribution in [-0.2, 0) is 6.42 Å². The van der Waals surface area contributed by atoms with Crippen LogP contribution in [-0.4, -0.2) is 29.8 Å². The number of rotatable bonds is 2. The van der Waals surface area contributed by atoms with E-state index in [1.165, 1.54) is 53.8 Å². The van der Waals surface area contributed by atoms with Gasteiger partial charge < -0.3 is 15.0 Å². The molecule has 94 valence electrons. The predicted molar refractivity (Wildman–Crippen MR) is 73.3 cm³/mol. The summed E-state index contributed by atoms with van der Waals surface area (Å²) in [6.07, 6.45) is 3.33. The largest absolute Gasteiger partial charge is 0.396 e. The lowest BCUT2D eigenvalue weighted by atomic mass is 9.84. The predicted octanol–water partition coefficient (Wildman–Crippen LogP) is 2.40. The molecule has 18 heavy (non-hydrogen) atoms. The van der Waals surface area contributed by atoms with Crippen LogP contribution in [0, 0.1) is 0 Å². The maximum Gasteiger partial charge on any atom is 0.110 e. The third kappa shape index (κ3) is 1.28. The van der Waals surface area contributed by atoms with Gasteiger partial charge in [0.1, 0.15) is 5.82 Å². The van der Waals surface area contributed by atoms with E-state index in [-0.39, 0.29) is 6.61 Å². The number of nitrogens with one attached hydrogen (secondary N) is 1. The second-order valence-corrected chi connectivity index (χ2v) is 5.46. The molecule has 0 saturated carbocycles. The maximum absolute atomic E-state index is 9.17. The fourth-order valence-corrected chi connectivity index (χ4v) is 3.67. The molecule has 0 atom stereocenters. The van der Waals surface area contributed by atoms with Gasteiger partial charge in [-0.25, -0.2) is 0 Å². The van der Waals surface area contributed by atoms with Crippen molar-refractivity contribution in [3.63, 3.8) is 0 Å². The number of aliphatic hydroxyl groups is 1. The summed E-state index contributed by atoms with van der Waals surface area (Å²) in [6, 6.07) is 6.48. The number of aliphatic hydroxyl groups excluding tert-OH is 1. The molecule has 0 aliphatic carbocycles. The third-order valence-electron chi connectivity index (χ3n) is 4.54. The number of hydrogen-bond donors (Lipinski definition) is 2. The van der Waals surface area contributed by atoms with E-state index in [9.17, 15) is 5.11 Å². The molecular formula is C15H18N2O. The highest BCUT2D eigenvalue weighted by molar-refractivity contribution is 5.92. The number of para-hydroxylation sites is 1. The zero-order valence-electron chi connectivity index (χ0n) is 10.4. The van der Waals surface area contributed by atoms with Crippen molar-refractivity contribution in [2.75, 3.05) is 24.6 Å². The second-order valence-electron chi connectivity index (χ2n) is 5.46. The lowest BCUT2D eigenvalue weighted by Gasteiger charge is -2.40. The first-order valence-corrected chi connectivity index (χ1v) is 6.88. The molecule has 0 unspecified atom stereocenters. The smallest absolute Gasteiger partial charge is 0.110 e. The monoisotopic (exact) mass is 242 g/mol. The number of fused-ring (bicyclic) bond motifs is 3. The second kappa shape index (κ2) is 3.75. The van der Waals surface area contributed by atoms with Crippen LogP contribution >= 0.6 is 0 Å². The van der Waals surface area contributed by atoms with Gasteiger partial charge in [0, 0.05) is 30.6 Å². The van der Waals surface area contributed by atoms with Gasteiger partial charge in [0.2, 0.25) is 0 Å². The first-order valence-electron chi connectivity index (χ1n) is 6.88. The fraction of sp³-hybridized carbons (Fsp3) is 0.467. The zero-order chi connectivity index (χ0) is 12.1. The van der Waals surface area contributed by atoms with E-state index in [4.69, 9.17) is 0 Å². The highest BCUT2D eigenvalue weighted by atomic mass is 16.2. The van der Waals surface area contributed by atoms with Crippen LogP contribution in [0.3, 0.4) is 0 Å². The third-order valence-corrected chi connectivity index (χ3v) is 4.54. The van der Waals surface area contributed by atoms with Crippen molar-refractivity contribution in [1.82, 2.24) is 4.98 Å². The molecule has 3 heteroatoms. The van der Waals surface area contributed by atoms with Crippen molar-refractivity contribution in [1.29, 1.82) is 0 Å². The number of benzene rings is 1. The summed E-state index contributed by atoms with van der Waals surface area (Å²) in [4.78, 5) is 6.10. The van der Waals surface area contributed by atoms with Gasteiger partial charge in [-0.05, 0) is 30.7 Å². The Balaban J connectivity index is 1.98. The van der Waals surface area contributed by atoms with Crippen LogP contribution in [0.4, 0.5) is 5.82 Å². The summed E-state index contributed by atoms with van der Waals surface area (Å²) in [5.74, 6) is 2.08. The molecule has 3 nitrogen and oxygen atoms in total. The van der Waals surface area contributed by atoms with Crippen molar-refractivity contribution >= 4 is 16.7 Å². The van der Waals surface area contributed by atoms with Crippen LogP contribution in [0.2, 0.25) is 0 Å². The van der Waals surface area contributed by atoms with Gasteiger partial charge >= 0.3 is 0 Å². The molecule has 2 aromatic rings. The highest BCUT2D eigenvalue weighted by Gasteiger charge is 2.33. The van der Waals surface area contributed by atoms with Gasteiger partial charge in [0.15, 0.2) is 0 Å². The van der Waals surface area contributed by atoms with Crippen molar-refractivity contribution in [2.45, 2.75) is 25.2 Å². The van der Waals surface area contributed by atoms with E-state index in [0.29, 0.717) is 0 Å². The minimum Gasteiger partial charge on any atom is -0.396 e. The van der Waals surface area contributed by atoms with Crippen molar-refractivity contribution in [3.8, 4) is 0 Å². The number of aromatic amines is 1. The Hall–Kier alpha value is -1.48. The first-order chi connectivity index (χ1) is 8.88. The van der Waals surface area contributed by atoms with Crippen molar-refractivity contribution < 1.29 is 5.11 Å². The van der Waals surface area contributed by atoms with E-state index in [2.05, 4.69) is 28.1 Å². The van der Waals surface area contributed by atoms with E-state index < -0.39 is 0 Å². The average molecular weight is 242 g/mol. The number of piperidine rings is 1. The molecule has 0 spiro atoms. The number of anilines is 1. The van der Waals surface area contributed by atoms with Gasteiger partial charge in [0.25, 0.3) is 0 Å². The molecule has 1 aromatic heterocycles. The SMILES string of the molecule is OCCc1cccc2c3c([nH]c12)N1CCC3CC1. The minimum atomic E-state index is 0.218. The molecule has 1 aromatic carbocycles. The molecule has 3 aliphatic heterocycles. The van der Waals surface area contributed by atoms with E-state index in [1.54, 1.807) is 0 Å². The Morgan fingerprint density at radius 2 is 2.11 bits per heavy atom. The van der Waals surface area contributed by atoms with Crippen LogP contribution in [0.15, 0.2) is 18.2 Å². The lowest BCUT2D eigenvalue weighted by molar-refractivity contribution is 0.300. The molecule has 0 amide bonds. The summed E-state index contributed by atoms with van der Waals surface area (Å²) >= 11 is 0. The molecule has 1 saturated heterocycles. The summed E-state index contributed by atoms with van der Waals surface area (Å²) < 4.78 is 0. The van der Waals surface area contributed by atoms with E-state index >= 15 is 0 Å². The van der Waals surface area contributed by atoms with Crippen LogP contribution in [0.1, 0.15) is 29.9 Å². The van der Waals surface area contributed by atoms with E-state index in [0.717, 1.165) is 12.3 Å². The summed E-state index contributed by atoms with van der Waals surface area (Å²) in [5, 5.41) is 10.6. The summed E-state index contributed by atoms with van der Waals surface area (Å²) in [5.41, 5.74) is 4.02. The Morgan fingerprint density at radius 1 is 1.28 bits per heavy atom. The number of aromatic nitrogens is 1. The molecular weight excluding hydrogens is 224 g/mol. The molecule has 2 N–H and O–H groups in total. The van der Waals surface area contributed by atoms with Crippen molar-refractivity contribution in [3.05, 3.63) is 29.3 Å². The normalized spacial score (nSPS) is 18.6. The van der Waals surface area contributed by atoms with Gasteiger partial charge in [0.05, 0.1) is 5.52 Å². The molecule has 5 rings (SSSR count). The number of nitrogens with zero attached hydrogens (tertiary/aromatic N) is 1. The van der Waals surface area contributed by atoms with Crippen LogP contribution < -0.4 is 4.90 Å². The minimum absolute atomic E-state index is 0.218. The molecule has 3 aliphatic rings. The fourth-order valence-electron chi connectivity index (χ4n) is 3.67. The number of H-pyrrole nitrogens is 1. The Bertz CT molecular complexity index is 594. The maximum atomic E-state index is 9.17. The summed E-state index contributed by atoms with van der Waals surface area (Å²) in [6.45, 7) is 2.61. The van der Waals surface area contributed by atoms with Crippen LogP contribution in [0.5, 0.6) is 0 Å². The molecule has 4 heterocycles.